The summed E-state index contributed by atoms with van der Waals surface area (Å²) in [5, 5.41) is 2.61. The van der Waals surface area contributed by atoms with Crippen LogP contribution in [0.2, 0.25) is 0 Å². The molecule has 0 aliphatic heterocycles. The number of carbonyl (C=O) groups is 1. The van der Waals surface area contributed by atoms with E-state index >= 15 is 0 Å². The van der Waals surface area contributed by atoms with Gasteiger partial charge in [0, 0.05) is 5.69 Å². The lowest BCUT2D eigenvalue weighted by Crippen LogP contribution is -2.27. The van der Waals surface area contributed by atoms with Crippen molar-refractivity contribution < 1.29 is 14.3 Å². The van der Waals surface area contributed by atoms with E-state index in [9.17, 15) is 9.59 Å². The first kappa shape index (κ1) is 13.9. The van der Waals surface area contributed by atoms with Gasteiger partial charge in [-0.25, -0.2) is 14.6 Å². The smallest absolute Gasteiger partial charge is 0.412 e. The maximum Gasteiger partial charge on any atom is 0.412 e. The first-order valence-corrected chi connectivity index (χ1v) is 5.53. The third-order valence-electron chi connectivity index (χ3n) is 1.90. The number of aliphatic imine (C=N–C) groups is 1. The van der Waals surface area contributed by atoms with Crippen molar-refractivity contribution >= 4 is 17.9 Å². The first-order chi connectivity index (χ1) is 8.40. The van der Waals surface area contributed by atoms with Crippen LogP contribution in [0.1, 0.15) is 26.3 Å². The minimum Gasteiger partial charge on any atom is -0.444 e. The summed E-state index contributed by atoms with van der Waals surface area (Å²) >= 11 is 0. The number of hydrogen-bond donors (Lipinski definition) is 1. The van der Waals surface area contributed by atoms with Gasteiger partial charge in [0.05, 0.1) is 6.54 Å². The monoisotopic (exact) mass is 248 g/mol. The second-order valence-corrected chi connectivity index (χ2v) is 4.73. The van der Waals surface area contributed by atoms with Gasteiger partial charge >= 0.3 is 6.09 Å². The summed E-state index contributed by atoms with van der Waals surface area (Å²) in [4.78, 5) is 25.0. The van der Waals surface area contributed by atoms with Crippen LogP contribution < -0.4 is 5.32 Å². The van der Waals surface area contributed by atoms with Crippen molar-refractivity contribution in [2.45, 2.75) is 32.9 Å². The Morgan fingerprint density at radius 2 is 2.17 bits per heavy atom. The molecule has 0 saturated heterocycles. The van der Waals surface area contributed by atoms with E-state index in [0.717, 1.165) is 5.56 Å². The van der Waals surface area contributed by atoms with Crippen molar-refractivity contribution in [3.63, 3.8) is 0 Å². The van der Waals surface area contributed by atoms with Crippen molar-refractivity contribution in [1.82, 2.24) is 0 Å². The molecule has 0 atom stereocenters. The number of isocyanates is 1. The summed E-state index contributed by atoms with van der Waals surface area (Å²) < 4.78 is 5.13. The van der Waals surface area contributed by atoms with Gasteiger partial charge in [-0.2, -0.15) is 0 Å². The quantitative estimate of drug-likeness (QED) is 0.660. The average molecular weight is 248 g/mol. The number of hydrogen-bond acceptors (Lipinski definition) is 4. The summed E-state index contributed by atoms with van der Waals surface area (Å²) in [5.41, 5.74) is 0.874. The molecule has 0 radical (unpaired) electrons. The highest BCUT2D eigenvalue weighted by Gasteiger charge is 2.16. The molecule has 5 nitrogen and oxygen atoms in total. The van der Waals surface area contributed by atoms with Crippen LogP contribution in [0.4, 0.5) is 10.5 Å². The highest BCUT2D eigenvalue weighted by molar-refractivity contribution is 5.84. The predicted octanol–water partition coefficient (Wildman–Crippen LogP) is 2.87. The number of ether oxygens (including phenoxy) is 1. The Bertz CT molecular complexity index is 471. The molecule has 0 fully saturated rings. The van der Waals surface area contributed by atoms with Gasteiger partial charge in [-0.3, -0.25) is 5.32 Å². The number of amides is 1. The lowest BCUT2D eigenvalue weighted by Gasteiger charge is -2.19. The molecule has 1 rings (SSSR count). The molecule has 0 aromatic heterocycles. The fraction of sp³-hybridized carbons (Fsp3) is 0.385. The van der Waals surface area contributed by atoms with Gasteiger partial charge in [-0.15, -0.1) is 0 Å². The number of nitrogens with zero attached hydrogens (tertiary/aromatic N) is 1. The zero-order chi connectivity index (χ0) is 13.6. The number of nitrogens with one attached hydrogen (secondary N) is 1. The largest absolute Gasteiger partial charge is 0.444 e. The minimum absolute atomic E-state index is 0.243. The van der Waals surface area contributed by atoms with E-state index in [1.54, 1.807) is 45.0 Å². The van der Waals surface area contributed by atoms with Crippen LogP contribution in [0, 0.1) is 0 Å². The Morgan fingerprint density at radius 1 is 1.44 bits per heavy atom. The van der Waals surface area contributed by atoms with Gasteiger partial charge < -0.3 is 4.74 Å². The van der Waals surface area contributed by atoms with Gasteiger partial charge in [0.1, 0.15) is 5.60 Å². The number of benzene rings is 1. The molecule has 1 N–H and O–H groups in total. The van der Waals surface area contributed by atoms with Crippen molar-refractivity contribution in [3.05, 3.63) is 29.8 Å². The third kappa shape index (κ3) is 5.27. The molecule has 0 aliphatic rings. The minimum atomic E-state index is -0.538. The Hall–Kier alpha value is -2.13. The molecule has 18 heavy (non-hydrogen) atoms. The SMILES string of the molecule is CC(C)(C)OC(=O)Nc1cccc(CN=C=O)c1. The Morgan fingerprint density at radius 3 is 2.78 bits per heavy atom. The highest BCUT2D eigenvalue weighted by atomic mass is 16.6. The summed E-state index contributed by atoms with van der Waals surface area (Å²) in [6, 6.07) is 7.03. The van der Waals surface area contributed by atoms with Gasteiger partial charge in [0.2, 0.25) is 6.08 Å². The molecular weight excluding hydrogens is 232 g/mol. The van der Waals surface area contributed by atoms with E-state index in [0.29, 0.717) is 5.69 Å². The molecular formula is C13H16N2O3. The van der Waals surface area contributed by atoms with Crippen LogP contribution in [0.3, 0.4) is 0 Å². The van der Waals surface area contributed by atoms with E-state index in [1.807, 2.05) is 0 Å². The van der Waals surface area contributed by atoms with Gasteiger partial charge in [-0.05, 0) is 38.5 Å². The summed E-state index contributed by atoms with van der Waals surface area (Å²) in [7, 11) is 0. The van der Waals surface area contributed by atoms with E-state index in [2.05, 4.69) is 10.3 Å². The molecule has 1 aromatic rings. The van der Waals surface area contributed by atoms with Crippen LogP contribution in [-0.4, -0.2) is 17.8 Å². The van der Waals surface area contributed by atoms with E-state index < -0.39 is 11.7 Å². The van der Waals surface area contributed by atoms with E-state index in [-0.39, 0.29) is 6.54 Å². The molecule has 1 amide bonds. The lowest BCUT2D eigenvalue weighted by atomic mass is 10.2. The van der Waals surface area contributed by atoms with Gasteiger partial charge in [0.15, 0.2) is 0 Å². The van der Waals surface area contributed by atoms with Crippen molar-refractivity contribution in [1.29, 1.82) is 0 Å². The van der Waals surface area contributed by atoms with Crippen molar-refractivity contribution in [2.75, 3.05) is 5.32 Å². The molecule has 0 aliphatic carbocycles. The number of rotatable bonds is 3. The van der Waals surface area contributed by atoms with Crippen LogP contribution in [0.25, 0.3) is 0 Å². The fourth-order valence-electron chi connectivity index (χ4n) is 1.29. The first-order valence-electron chi connectivity index (χ1n) is 5.53. The molecule has 0 saturated carbocycles. The molecule has 5 heteroatoms. The summed E-state index contributed by atoms with van der Waals surface area (Å²) in [6.07, 6.45) is 0.955. The standard InChI is InChI=1S/C13H16N2O3/c1-13(2,3)18-12(17)15-11-6-4-5-10(7-11)8-14-9-16/h4-7H,8H2,1-3H3,(H,15,17). The third-order valence-corrected chi connectivity index (χ3v) is 1.90. The van der Waals surface area contributed by atoms with Crippen LogP contribution >= 0.6 is 0 Å². The fourth-order valence-corrected chi connectivity index (χ4v) is 1.29. The van der Waals surface area contributed by atoms with E-state index in [4.69, 9.17) is 4.74 Å². The number of anilines is 1. The average Bonchev–Trinajstić information content (AvgIpc) is 2.24. The van der Waals surface area contributed by atoms with Crippen LogP contribution in [0.15, 0.2) is 29.3 Å². The number of carbonyl (C=O) groups excluding carboxylic acids is 2. The lowest BCUT2D eigenvalue weighted by molar-refractivity contribution is 0.0636. The van der Waals surface area contributed by atoms with Gasteiger partial charge in [0.25, 0.3) is 0 Å². The van der Waals surface area contributed by atoms with Crippen molar-refractivity contribution in [3.8, 4) is 0 Å². The maximum atomic E-state index is 11.5. The predicted molar refractivity (Wildman–Crippen MR) is 68.1 cm³/mol. The van der Waals surface area contributed by atoms with Gasteiger partial charge in [-0.1, -0.05) is 12.1 Å². The molecule has 1 aromatic carbocycles. The molecule has 0 unspecified atom stereocenters. The van der Waals surface area contributed by atoms with Crippen LogP contribution in [0.5, 0.6) is 0 Å². The van der Waals surface area contributed by atoms with Crippen molar-refractivity contribution in [2.24, 2.45) is 4.99 Å². The molecule has 0 bridgehead atoms. The Kier molecular flexibility index (Phi) is 4.63. The normalized spacial score (nSPS) is 10.4. The van der Waals surface area contributed by atoms with Crippen LogP contribution in [-0.2, 0) is 16.1 Å². The molecule has 0 spiro atoms. The summed E-state index contributed by atoms with van der Waals surface area (Å²) in [5.74, 6) is 0. The zero-order valence-corrected chi connectivity index (χ0v) is 10.7. The highest BCUT2D eigenvalue weighted by Crippen LogP contribution is 2.14. The Balaban J connectivity index is 2.67. The second-order valence-electron chi connectivity index (χ2n) is 4.73. The summed E-state index contributed by atoms with van der Waals surface area (Å²) in [6.45, 7) is 5.62. The topological polar surface area (TPSA) is 67.8 Å². The Labute approximate surface area is 106 Å². The maximum absolute atomic E-state index is 11.5. The molecule has 0 heterocycles. The molecule has 96 valence electrons. The second kappa shape index (κ2) is 5.98. The zero-order valence-electron chi connectivity index (χ0n) is 10.7. The van der Waals surface area contributed by atoms with E-state index in [1.165, 1.54) is 6.08 Å².